The summed E-state index contributed by atoms with van der Waals surface area (Å²) < 4.78 is 12.2. The van der Waals surface area contributed by atoms with Gasteiger partial charge in [0.1, 0.15) is 13.4 Å². The van der Waals surface area contributed by atoms with Crippen LogP contribution >= 0.6 is 0 Å². The molecular formula is C7H10N2O. The van der Waals surface area contributed by atoms with Gasteiger partial charge >= 0.3 is 0 Å². The molecule has 1 aliphatic heterocycles. The molecule has 1 N–H and O–H groups in total. The Balaban J connectivity index is 2.16. The second-order valence-corrected chi connectivity index (χ2v) is 2.49. The highest BCUT2D eigenvalue weighted by Crippen LogP contribution is 2.20. The Morgan fingerprint density at radius 1 is 1.90 bits per heavy atom. The Kier molecular flexibility index (Phi) is 1.19. The molecule has 0 bridgehead atoms. The van der Waals surface area contributed by atoms with Crippen molar-refractivity contribution in [2.75, 3.05) is 6.54 Å². The van der Waals surface area contributed by atoms with Gasteiger partial charge in [-0.25, -0.2) is 0 Å². The Morgan fingerprint density at radius 2 is 2.90 bits per heavy atom. The van der Waals surface area contributed by atoms with Crippen LogP contribution in [-0.2, 0) is 0 Å². The summed E-state index contributed by atoms with van der Waals surface area (Å²) in [4.78, 5) is 0. The van der Waals surface area contributed by atoms with Crippen LogP contribution in [0.25, 0.3) is 0 Å². The third-order valence-corrected chi connectivity index (χ3v) is 1.78. The van der Waals surface area contributed by atoms with Crippen molar-refractivity contribution >= 4 is 0 Å². The Morgan fingerprint density at radius 3 is 3.50 bits per heavy atom. The Bertz CT molecular complexity index is 224. The standard InChI is InChI=1S/C7H10N2O/c1-2-6(8-4-1)7-3-5-10-9-7/h3,5-6,8H,1-2,4H2/i/hD. The first kappa shape index (κ1) is 4.91. The van der Waals surface area contributed by atoms with Gasteiger partial charge in [0.15, 0.2) is 0 Å². The van der Waals surface area contributed by atoms with Crippen molar-refractivity contribution in [2.45, 2.75) is 18.9 Å². The van der Waals surface area contributed by atoms with E-state index >= 15 is 0 Å². The number of hydrogen-bond donors (Lipinski definition) is 1. The van der Waals surface area contributed by atoms with E-state index in [0.717, 1.165) is 25.1 Å². The van der Waals surface area contributed by atoms with Crippen molar-refractivity contribution in [3.63, 3.8) is 0 Å². The molecule has 0 amide bonds. The fourth-order valence-electron chi connectivity index (χ4n) is 1.26. The maximum absolute atomic E-state index is 7.52. The molecule has 1 aromatic rings. The van der Waals surface area contributed by atoms with E-state index < -0.39 is 0 Å². The van der Waals surface area contributed by atoms with E-state index in [4.69, 9.17) is 5.93 Å². The highest BCUT2D eigenvalue weighted by Gasteiger charge is 2.17. The van der Waals surface area contributed by atoms with Crippen LogP contribution < -0.4 is 5.31 Å². The fraction of sp³-hybridized carbons (Fsp3) is 0.571. The molecular weight excluding hydrogens is 128 g/mol. The lowest BCUT2D eigenvalue weighted by molar-refractivity contribution is 0.401. The van der Waals surface area contributed by atoms with Crippen molar-refractivity contribution < 1.29 is 5.93 Å². The third-order valence-electron chi connectivity index (χ3n) is 1.78. The smallest absolute Gasteiger partial charge is 0.124 e. The van der Waals surface area contributed by atoms with Crippen molar-refractivity contribution in [2.24, 2.45) is 0 Å². The first-order chi connectivity index (χ1) is 5.38. The van der Waals surface area contributed by atoms with Gasteiger partial charge in [-0.2, -0.15) is 0 Å². The molecule has 1 fully saturated rings. The Hall–Kier alpha value is -0.830. The number of nitrogens with zero attached hydrogens (tertiary/aromatic N) is 1. The lowest BCUT2D eigenvalue weighted by Gasteiger charge is -2.02. The van der Waals surface area contributed by atoms with Crippen LogP contribution in [0, 0.1) is 0 Å². The van der Waals surface area contributed by atoms with Crippen molar-refractivity contribution in [3.05, 3.63) is 18.0 Å². The lowest BCUT2D eigenvalue weighted by Crippen LogP contribution is -2.12. The minimum absolute atomic E-state index is 0.161. The maximum Gasteiger partial charge on any atom is 0.124 e. The third kappa shape index (κ3) is 0.926. The average Bonchev–Trinajstić information content (AvgIpc) is 2.55. The molecule has 54 valence electrons. The zero-order valence-corrected chi connectivity index (χ0v) is 5.66. The van der Waals surface area contributed by atoms with Gasteiger partial charge in [0.2, 0.25) is 0 Å². The molecule has 3 nitrogen and oxygen atoms in total. The van der Waals surface area contributed by atoms with Gasteiger partial charge in [-0.3, -0.25) is 0 Å². The molecule has 1 unspecified atom stereocenters. The lowest BCUT2D eigenvalue weighted by atomic mass is 10.2. The number of hydrogen-bond acceptors (Lipinski definition) is 3. The van der Waals surface area contributed by atoms with Crippen LogP contribution in [-0.4, -0.2) is 11.7 Å². The van der Waals surface area contributed by atoms with E-state index in [2.05, 4.69) is 5.16 Å². The van der Waals surface area contributed by atoms with Gasteiger partial charge in [-0.1, -0.05) is 5.16 Å². The first-order valence-corrected chi connectivity index (χ1v) is 3.54. The van der Waals surface area contributed by atoms with E-state index in [1.165, 1.54) is 0 Å². The van der Waals surface area contributed by atoms with Crippen LogP contribution in [0.3, 0.4) is 0 Å². The van der Waals surface area contributed by atoms with Crippen LogP contribution in [0.1, 0.15) is 24.6 Å². The molecule has 2 heterocycles. The van der Waals surface area contributed by atoms with Crippen LogP contribution in [0.2, 0.25) is 1.41 Å². The first-order valence-electron chi connectivity index (χ1n) is 3.98. The molecule has 0 aliphatic carbocycles. The molecule has 1 atom stereocenters. The average molecular weight is 139 g/mol. The number of aromatic nitrogens is 1. The predicted octanol–water partition coefficient (Wildman–Crippen LogP) is 1.10. The molecule has 1 aliphatic rings. The summed E-state index contributed by atoms with van der Waals surface area (Å²) in [6.45, 7) is 0.845. The molecule has 10 heavy (non-hydrogen) atoms. The summed E-state index contributed by atoms with van der Waals surface area (Å²) in [7, 11) is 0. The summed E-state index contributed by atoms with van der Waals surface area (Å²) in [6, 6.07) is 1.99. The van der Waals surface area contributed by atoms with Gasteiger partial charge in [0.25, 0.3) is 0 Å². The summed E-state index contributed by atoms with van der Waals surface area (Å²) >= 11 is 0. The summed E-state index contributed by atoms with van der Waals surface area (Å²) in [5.41, 5.74) is 0.887. The van der Waals surface area contributed by atoms with Crippen LogP contribution in [0.15, 0.2) is 16.9 Å². The topological polar surface area (TPSA) is 38.1 Å². The summed E-state index contributed by atoms with van der Waals surface area (Å²) in [5.74, 6) is 0. The number of nitrogens with one attached hydrogen (secondary N) is 1. The second-order valence-electron chi connectivity index (χ2n) is 2.49. The van der Waals surface area contributed by atoms with E-state index in [1.807, 2.05) is 6.07 Å². The van der Waals surface area contributed by atoms with E-state index in [-0.39, 0.29) is 6.04 Å². The molecule has 1 aromatic heterocycles. The van der Waals surface area contributed by atoms with Gasteiger partial charge in [-0.05, 0) is 19.4 Å². The van der Waals surface area contributed by atoms with Gasteiger partial charge in [0, 0.05) is 6.07 Å². The van der Waals surface area contributed by atoms with E-state index in [9.17, 15) is 0 Å². The van der Waals surface area contributed by atoms with Crippen LogP contribution in [0.4, 0.5) is 0 Å². The molecule has 0 spiro atoms. The highest BCUT2D eigenvalue weighted by molar-refractivity contribution is 5.04. The monoisotopic (exact) mass is 139 g/mol. The van der Waals surface area contributed by atoms with E-state index in [1.54, 1.807) is 11.6 Å². The van der Waals surface area contributed by atoms with Gasteiger partial charge < -0.3 is 9.83 Å². The van der Waals surface area contributed by atoms with Gasteiger partial charge in [-0.15, -0.1) is 0 Å². The second kappa shape index (κ2) is 2.42. The van der Waals surface area contributed by atoms with Crippen molar-refractivity contribution in [1.29, 1.82) is 0 Å². The SMILES string of the molecule is [2H]N1CCCC1c1ccon1. The molecule has 0 aromatic carbocycles. The minimum atomic E-state index is 0.161. The predicted molar refractivity (Wildman–Crippen MR) is 36.5 cm³/mol. The van der Waals surface area contributed by atoms with Crippen LogP contribution in [0.5, 0.6) is 0 Å². The van der Waals surface area contributed by atoms with Crippen molar-refractivity contribution in [3.8, 4) is 0 Å². The number of rotatable bonds is 1. The van der Waals surface area contributed by atoms with E-state index in [0.29, 0.717) is 0 Å². The molecule has 0 radical (unpaired) electrons. The molecule has 3 heteroatoms. The largest absolute Gasteiger partial charge is 0.364 e. The zero-order valence-electron chi connectivity index (χ0n) is 6.66. The zero-order chi connectivity index (χ0) is 7.68. The van der Waals surface area contributed by atoms with Crippen molar-refractivity contribution in [1.82, 2.24) is 10.5 Å². The molecule has 1 saturated heterocycles. The fourth-order valence-corrected chi connectivity index (χ4v) is 1.26. The summed E-state index contributed by atoms with van der Waals surface area (Å²) in [6.07, 6.45) is 3.67. The maximum atomic E-state index is 7.52. The highest BCUT2D eigenvalue weighted by atomic mass is 16.5. The quantitative estimate of drug-likeness (QED) is 0.633. The molecule has 0 saturated carbocycles. The van der Waals surface area contributed by atoms with Gasteiger partial charge in [0.05, 0.1) is 6.04 Å². The normalized spacial score (nSPS) is 28.8. The molecule has 2 rings (SSSR count). The minimum Gasteiger partial charge on any atom is -0.364 e. The Labute approximate surface area is 60.9 Å². The summed E-state index contributed by atoms with van der Waals surface area (Å²) in [5, 5.41) is 5.38.